The first-order chi connectivity index (χ1) is 7.00. The lowest BCUT2D eigenvalue weighted by Gasteiger charge is -2.10. The van der Waals surface area contributed by atoms with E-state index < -0.39 is 0 Å². The average molecular weight is 207 g/mol. The Morgan fingerprint density at radius 3 is 2.53 bits per heavy atom. The number of rotatable bonds is 3. The minimum atomic E-state index is -0.277. The lowest BCUT2D eigenvalue weighted by atomic mass is 10.1. The number of para-hydroxylation sites is 1. The number of phenols is 1. The maximum atomic E-state index is 11.0. The van der Waals surface area contributed by atoms with Crippen molar-refractivity contribution in [1.82, 2.24) is 0 Å². The van der Waals surface area contributed by atoms with E-state index in [4.69, 9.17) is 0 Å². The zero-order valence-electron chi connectivity index (χ0n) is 8.70. The second kappa shape index (κ2) is 4.59. The van der Waals surface area contributed by atoms with Gasteiger partial charge in [0, 0.05) is 13.3 Å². The van der Waals surface area contributed by atoms with Crippen molar-refractivity contribution in [2.75, 3.05) is 5.32 Å². The lowest BCUT2D eigenvalue weighted by molar-refractivity contribution is -0.116. The molecule has 0 spiro atoms. The molecule has 4 nitrogen and oxygen atoms in total. The molecule has 0 atom stereocenters. The van der Waals surface area contributed by atoms with Crippen LogP contribution in [0.1, 0.15) is 19.4 Å². The molecule has 0 unspecified atom stereocenters. The van der Waals surface area contributed by atoms with Gasteiger partial charge in [-0.3, -0.25) is 9.59 Å². The SMILES string of the molecule is CC(=O)Cc1cccc(O)c1NC(C)=O. The minimum Gasteiger partial charge on any atom is -0.506 e. The van der Waals surface area contributed by atoms with E-state index in [-0.39, 0.29) is 23.9 Å². The molecule has 0 fully saturated rings. The molecule has 0 radical (unpaired) electrons. The van der Waals surface area contributed by atoms with Gasteiger partial charge in [0.2, 0.25) is 5.91 Å². The predicted molar refractivity (Wildman–Crippen MR) is 56.8 cm³/mol. The Hall–Kier alpha value is -1.84. The molecule has 1 aromatic rings. The summed E-state index contributed by atoms with van der Waals surface area (Å²) in [5, 5.41) is 12.0. The highest BCUT2D eigenvalue weighted by Gasteiger charge is 2.10. The number of carbonyl (C=O) groups is 2. The number of nitrogens with one attached hydrogen (secondary N) is 1. The van der Waals surface area contributed by atoms with Gasteiger partial charge in [0.15, 0.2) is 0 Å². The normalized spacial score (nSPS) is 9.73. The molecule has 0 saturated carbocycles. The third-order valence-corrected chi connectivity index (χ3v) is 1.87. The highest BCUT2D eigenvalue weighted by molar-refractivity contribution is 5.92. The number of Topliss-reactive ketones (excluding diaryl/α,β-unsaturated/α-hetero) is 1. The van der Waals surface area contributed by atoms with Gasteiger partial charge in [-0.05, 0) is 18.6 Å². The maximum Gasteiger partial charge on any atom is 0.221 e. The fourth-order valence-corrected chi connectivity index (χ4v) is 1.32. The molecule has 1 rings (SSSR count). The molecular weight excluding hydrogens is 194 g/mol. The van der Waals surface area contributed by atoms with Gasteiger partial charge in [0.25, 0.3) is 0 Å². The molecule has 1 amide bonds. The summed E-state index contributed by atoms with van der Waals surface area (Å²) < 4.78 is 0. The molecule has 0 aliphatic heterocycles. The van der Waals surface area contributed by atoms with Crippen LogP contribution in [0.15, 0.2) is 18.2 Å². The van der Waals surface area contributed by atoms with Crippen molar-refractivity contribution in [2.24, 2.45) is 0 Å². The van der Waals surface area contributed by atoms with Crippen molar-refractivity contribution in [3.05, 3.63) is 23.8 Å². The first kappa shape index (κ1) is 11.2. The van der Waals surface area contributed by atoms with Crippen LogP contribution in [0.4, 0.5) is 5.69 Å². The summed E-state index contributed by atoms with van der Waals surface area (Å²) in [5.74, 6) is -0.322. The Kier molecular flexibility index (Phi) is 3.44. The van der Waals surface area contributed by atoms with Crippen LogP contribution in [0.25, 0.3) is 0 Å². The van der Waals surface area contributed by atoms with Crippen molar-refractivity contribution in [1.29, 1.82) is 0 Å². The second-order valence-corrected chi connectivity index (χ2v) is 3.37. The van der Waals surface area contributed by atoms with E-state index in [1.807, 2.05) is 0 Å². The molecule has 15 heavy (non-hydrogen) atoms. The topological polar surface area (TPSA) is 66.4 Å². The first-order valence-electron chi connectivity index (χ1n) is 4.58. The van der Waals surface area contributed by atoms with E-state index >= 15 is 0 Å². The van der Waals surface area contributed by atoms with E-state index in [0.717, 1.165) is 0 Å². The van der Waals surface area contributed by atoms with Crippen molar-refractivity contribution >= 4 is 17.4 Å². The van der Waals surface area contributed by atoms with Crippen LogP contribution in [0.5, 0.6) is 5.75 Å². The molecule has 0 aromatic heterocycles. The second-order valence-electron chi connectivity index (χ2n) is 3.37. The van der Waals surface area contributed by atoms with Gasteiger partial charge in [0.05, 0.1) is 5.69 Å². The molecule has 4 heteroatoms. The van der Waals surface area contributed by atoms with Gasteiger partial charge in [-0.15, -0.1) is 0 Å². The monoisotopic (exact) mass is 207 g/mol. The summed E-state index contributed by atoms with van der Waals surface area (Å²) in [6, 6.07) is 4.81. The highest BCUT2D eigenvalue weighted by Crippen LogP contribution is 2.27. The Balaban J connectivity index is 3.08. The summed E-state index contributed by atoms with van der Waals surface area (Å²) in [7, 11) is 0. The number of anilines is 1. The van der Waals surface area contributed by atoms with Crippen LogP contribution in [-0.4, -0.2) is 16.8 Å². The van der Waals surface area contributed by atoms with Crippen LogP contribution in [0.3, 0.4) is 0 Å². The zero-order chi connectivity index (χ0) is 11.4. The van der Waals surface area contributed by atoms with Crippen molar-refractivity contribution in [2.45, 2.75) is 20.3 Å². The molecule has 0 saturated heterocycles. The van der Waals surface area contributed by atoms with Crippen molar-refractivity contribution in [3.63, 3.8) is 0 Å². The zero-order valence-corrected chi connectivity index (χ0v) is 8.70. The number of hydrogen-bond donors (Lipinski definition) is 2. The molecule has 2 N–H and O–H groups in total. The number of aromatic hydroxyl groups is 1. The molecule has 0 aliphatic rings. The summed E-state index contributed by atoms with van der Waals surface area (Å²) in [4.78, 5) is 21.9. The molecular formula is C11H13NO3. The van der Waals surface area contributed by atoms with Crippen LogP contribution in [0, 0.1) is 0 Å². The largest absolute Gasteiger partial charge is 0.506 e. The van der Waals surface area contributed by atoms with Crippen LogP contribution < -0.4 is 5.32 Å². The predicted octanol–water partition coefficient (Wildman–Crippen LogP) is 1.48. The molecule has 0 aliphatic carbocycles. The number of ketones is 1. The van der Waals surface area contributed by atoms with E-state index in [2.05, 4.69) is 5.32 Å². The fourth-order valence-electron chi connectivity index (χ4n) is 1.32. The number of carbonyl (C=O) groups excluding carboxylic acids is 2. The van der Waals surface area contributed by atoms with Gasteiger partial charge < -0.3 is 10.4 Å². The van der Waals surface area contributed by atoms with E-state index in [1.54, 1.807) is 12.1 Å². The highest BCUT2D eigenvalue weighted by atomic mass is 16.3. The number of amides is 1. The molecule has 0 heterocycles. The van der Waals surface area contributed by atoms with Gasteiger partial charge in [-0.2, -0.15) is 0 Å². The van der Waals surface area contributed by atoms with Crippen molar-refractivity contribution < 1.29 is 14.7 Å². The van der Waals surface area contributed by atoms with Gasteiger partial charge in [0.1, 0.15) is 11.5 Å². The Morgan fingerprint density at radius 2 is 2.00 bits per heavy atom. The number of hydrogen-bond acceptors (Lipinski definition) is 3. The van der Waals surface area contributed by atoms with Gasteiger partial charge >= 0.3 is 0 Å². The van der Waals surface area contributed by atoms with Crippen molar-refractivity contribution in [3.8, 4) is 5.75 Å². The smallest absolute Gasteiger partial charge is 0.221 e. The lowest BCUT2D eigenvalue weighted by Crippen LogP contribution is -2.09. The third kappa shape index (κ3) is 3.09. The summed E-state index contributed by atoms with van der Waals surface area (Å²) >= 11 is 0. The Bertz CT molecular complexity index is 399. The minimum absolute atomic E-state index is 0.0211. The quantitative estimate of drug-likeness (QED) is 0.738. The van der Waals surface area contributed by atoms with E-state index in [1.165, 1.54) is 19.9 Å². The van der Waals surface area contributed by atoms with Gasteiger partial charge in [-0.1, -0.05) is 12.1 Å². The number of phenolic OH excluding ortho intramolecular Hbond substituents is 1. The first-order valence-corrected chi connectivity index (χ1v) is 4.58. The van der Waals surface area contributed by atoms with E-state index in [9.17, 15) is 14.7 Å². The third-order valence-electron chi connectivity index (χ3n) is 1.87. The Labute approximate surface area is 87.9 Å². The van der Waals surface area contributed by atoms with Crippen LogP contribution in [0.2, 0.25) is 0 Å². The fraction of sp³-hybridized carbons (Fsp3) is 0.273. The maximum absolute atomic E-state index is 11.0. The molecule has 80 valence electrons. The van der Waals surface area contributed by atoms with Crippen LogP contribution >= 0.6 is 0 Å². The van der Waals surface area contributed by atoms with E-state index in [0.29, 0.717) is 11.3 Å². The standard InChI is InChI=1S/C11H13NO3/c1-7(13)6-9-4-3-5-10(15)11(9)12-8(2)14/h3-5,15H,6H2,1-2H3,(H,12,14). The number of benzene rings is 1. The van der Waals surface area contributed by atoms with Gasteiger partial charge in [-0.25, -0.2) is 0 Å². The average Bonchev–Trinajstić information content (AvgIpc) is 2.09. The summed E-state index contributed by atoms with van der Waals surface area (Å²) in [6.07, 6.45) is 0.198. The summed E-state index contributed by atoms with van der Waals surface area (Å²) in [5.41, 5.74) is 0.943. The van der Waals surface area contributed by atoms with Crippen LogP contribution in [-0.2, 0) is 16.0 Å². The molecule has 0 bridgehead atoms. The summed E-state index contributed by atoms with van der Waals surface area (Å²) in [6.45, 7) is 2.81. The molecule has 1 aromatic carbocycles. The Morgan fingerprint density at radius 1 is 1.33 bits per heavy atom.